The van der Waals surface area contributed by atoms with Crippen molar-refractivity contribution in [2.45, 2.75) is 0 Å². The van der Waals surface area contributed by atoms with Crippen molar-refractivity contribution in [3.05, 3.63) is 78.3 Å². The van der Waals surface area contributed by atoms with Gasteiger partial charge in [0, 0.05) is 11.8 Å². The van der Waals surface area contributed by atoms with Gasteiger partial charge in [0.2, 0.25) is 0 Å². The highest BCUT2D eigenvalue weighted by Crippen LogP contribution is 2.27. The quantitative estimate of drug-likeness (QED) is 0.465. The summed E-state index contributed by atoms with van der Waals surface area (Å²) in [6.45, 7) is 0. The first-order valence-electron chi connectivity index (χ1n) is 6.89. The van der Waals surface area contributed by atoms with Crippen molar-refractivity contribution in [2.24, 2.45) is 0 Å². The second-order valence-corrected chi connectivity index (χ2v) is 5.92. The van der Waals surface area contributed by atoms with E-state index in [9.17, 15) is 0 Å². The molecule has 1 nitrogen and oxygen atoms in total. The molecular weight excluding hydrogens is 274 g/mol. The van der Waals surface area contributed by atoms with E-state index < -0.39 is 0 Å². The van der Waals surface area contributed by atoms with E-state index >= 15 is 0 Å². The van der Waals surface area contributed by atoms with Crippen LogP contribution in [0.25, 0.3) is 32.5 Å². The summed E-state index contributed by atoms with van der Waals surface area (Å²) in [4.78, 5) is 5.80. The van der Waals surface area contributed by atoms with Gasteiger partial charge in [-0.25, -0.2) is 0 Å². The normalized spacial score (nSPS) is 10.9. The summed E-state index contributed by atoms with van der Waals surface area (Å²) in [5.41, 5.74) is 3.40. The van der Waals surface area contributed by atoms with E-state index in [2.05, 4.69) is 77.1 Å². The fourth-order valence-corrected chi connectivity index (χ4v) is 3.21. The van der Waals surface area contributed by atoms with Gasteiger partial charge in [0.25, 0.3) is 0 Å². The zero-order chi connectivity index (χ0) is 14.1. The number of benzene rings is 2. The van der Waals surface area contributed by atoms with Gasteiger partial charge in [-0.1, -0.05) is 48.5 Å². The Morgan fingerprint density at radius 1 is 0.714 bits per heavy atom. The molecule has 2 heterocycles. The third-order valence-electron chi connectivity index (χ3n) is 3.62. The van der Waals surface area contributed by atoms with Gasteiger partial charge >= 0.3 is 0 Å². The molecule has 2 heteroatoms. The van der Waals surface area contributed by atoms with Crippen molar-refractivity contribution in [3.63, 3.8) is 0 Å². The van der Waals surface area contributed by atoms with Gasteiger partial charge in [0.05, 0.1) is 10.6 Å². The number of fused-ring (bicyclic) bond motifs is 1. The number of thiophene rings is 1. The molecule has 0 N–H and O–H groups in total. The van der Waals surface area contributed by atoms with Crippen molar-refractivity contribution in [1.82, 2.24) is 4.98 Å². The van der Waals surface area contributed by atoms with Crippen LogP contribution in [0.5, 0.6) is 0 Å². The highest BCUT2D eigenvalue weighted by Gasteiger charge is 2.03. The molecule has 2 aromatic carbocycles. The standard InChI is InChI=1S/C19H13NS/c1-2-5-15-12-16(8-7-14(15)4-1)17-9-10-18(20-13-17)19-6-3-11-21-19/h1-13H. The van der Waals surface area contributed by atoms with Gasteiger partial charge in [-0.15, -0.1) is 11.3 Å². The van der Waals surface area contributed by atoms with Crippen molar-refractivity contribution < 1.29 is 0 Å². The Hall–Kier alpha value is -2.45. The largest absolute Gasteiger partial charge is 0.255 e. The molecule has 4 rings (SSSR count). The molecule has 0 aliphatic carbocycles. The molecule has 0 amide bonds. The number of hydrogen-bond donors (Lipinski definition) is 0. The number of pyridine rings is 1. The molecule has 0 saturated carbocycles. The van der Waals surface area contributed by atoms with Gasteiger partial charge in [0.15, 0.2) is 0 Å². The van der Waals surface area contributed by atoms with E-state index in [1.807, 2.05) is 6.20 Å². The van der Waals surface area contributed by atoms with Crippen LogP contribution < -0.4 is 0 Å². The molecule has 0 fully saturated rings. The summed E-state index contributed by atoms with van der Waals surface area (Å²) in [7, 11) is 0. The molecule has 0 spiro atoms. The highest BCUT2D eigenvalue weighted by atomic mass is 32.1. The van der Waals surface area contributed by atoms with Crippen LogP contribution in [-0.2, 0) is 0 Å². The lowest BCUT2D eigenvalue weighted by Crippen LogP contribution is -1.83. The minimum atomic E-state index is 1.04. The van der Waals surface area contributed by atoms with Crippen LogP contribution in [0.3, 0.4) is 0 Å². The zero-order valence-corrected chi connectivity index (χ0v) is 12.2. The molecule has 0 saturated heterocycles. The van der Waals surface area contributed by atoms with Crippen LogP contribution in [-0.4, -0.2) is 4.98 Å². The summed E-state index contributed by atoms with van der Waals surface area (Å²) < 4.78 is 0. The molecule has 0 radical (unpaired) electrons. The topological polar surface area (TPSA) is 12.9 Å². The lowest BCUT2D eigenvalue weighted by molar-refractivity contribution is 1.34. The summed E-state index contributed by atoms with van der Waals surface area (Å²) in [5.74, 6) is 0. The summed E-state index contributed by atoms with van der Waals surface area (Å²) in [6.07, 6.45) is 1.96. The maximum absolute atomic E-state index is 4.59. The molecular formula is C19H13NS. The lowest BCUT2D eigenvalue weighted by atomic mass is 10.0. The molecule has 0 atom stereocenters. The van der Waals surface area contributed by atoms with E-state index in [0.29, 0.717) is 0 Å². The average Bonchev–Trinajstić information content (AvgIpc) is 3.09. The predicted molar refractivity (Wildman–Crippen MR) is 90.5 cm³/mol. The van der Waals surface area contributed by atoms with Crippen LogP contribution in [0.15, 0.2) is 78.3 Å². The monoisotopic (exact) mass is 287 g/mol. The number of nitrogens with zero attached hydrogens (tertiary/aromatic N) is 1. The number of hydrogen-bond acceptors (Lipinski definition) is 2. The third kappa shape index (κ3) is 2.34. The fraction of sp³-hybridized carbons (Fsp3) is 0. The van der Waals surface area contributed by atoms with E-state index in [-0.39, 0.29) is 0 Å². The van der Waals surface area contributed by atoms with Crippen molar-refractivity contribution in [2.75, 3.05) is 0 Å². The predicted octanol–water partition coefficient (Wildman–Crippen LogP) is 5.63. The Morgan fingerprint density at radius 3 is 2.33 bits per heavy atom. The molecule has 100 valence electrons. The Bertz CT molecular complexity index is 877. The molecule has 0 aliphatic heterocycles. The average molecular weight is 287 g/mol. The van der Waals surface area contributed by atoms with Crippen molar-refractivity contribution in [1.29, 1.82) is 0 Å². The molecule has 4 aromatic rings. The Morgan fingerprint density at radius 2 is 1.57 bits per heavy atom. The molecule has 0 unspecified atom stereocenters. The Balaban J connectivity index is 1.74. The second-order valence-electron chi connectivity index (χ2n) is 4.97. The van der Waals surface area contributed by atoms with Gasteiger partial charge in [-0.2, -0.15) is 0 Å². The summed E-state index contributed by atoms with van der Waals surface area (Å²) in [5, 5.41) is 4.61. The maximum atomic E-state index is 4.59. The minimum Gasteiger partial charge on any atom is -0.255 e. The molecule has 0 aliphatic rings. The van der Waals surface area contributed by atoms with Crippen LogP contribution in [0.4, 0.5) is 0 Å². The Labute approximate surface area is 127 Å². The van der Waals surface area contributed by atoms with Crippen LogP contribution in [0, 0.1) is 0 Å². The van der Waals surface area contributed by atoms with E-state index in [1.54, 1.807) is 11.3 Å². The molecule has 0 bridgehead atoms. The molecule has 2 aromatic heterocycles. The molecule has 21 heavy (non-hydrogen) atoms. The first-order valence-corrected chi connectivity index (χ1v) is 7.77. The summed E-state index contributed by atoms with van der Waals surface area (Å²) in [6, 6.07) is 23.4. The van der Waals surface area contributed by atoms with Crippen LogP contribution in [0.1, 0.15) is 0 Å². The first kappa shape index (κ1) is 12.3. The van der Waals surface area contributed by atoms with Crippen LogP contribution >= 0.6 is 11.3 Å². The highest BCUT2D eigenvalue weighted by molar-refractivity contribution is 7.13. The second kappa shape index (κ2) is 5.15. The van der Waals surface area contributed by atoms with Crippen molar-refractivity contribution in [3.8, 4) is 21.7 Å². The van der Waals surface area contributed by atoms with Gasteiger partial charge in [-0.05, 0) is 39.9 Å². The smallest absolute Gasteiger partial charge is 0.0802 e. The fourth-order valence-electron chi connectivity index (χ4n) is 2.50. The van der Waals surface area contributed by atoms with E-state index in [4.69, 9.17) is 0 Å². The van der Waals surface area contributed by atoms with Gasteiger partial charge in [-0.3, -0.25) is 4.98 Å². The minimum absolute atomic E-state index is 1.04. The maximum Gasteiger partial charge on any atom is 0.0802 e. The van der Waals surface area contributed by atoms with Gasteiger partial charge < -0.3 is 0 Å². The van der Waals surface area contributed by atoms with E-state index in [1.165, 1.54) is 21.2 Å². The zero-order valence-electron chi connectivity index (χ0n) is 11.4. The Kier molecular flexibility index (Phi) is 3.02. The third-order valence-corrected chi connectivity index (χ3v) is 4.51. The lowest BCUT2D eigenvalue weighted by Gasteiger charge is -2.05. The first-order chi connectivity index (χ1) is 10.4. The van der Waals surface area contributed by atoms with Gasteiger partial charge in [0.1, 0.15) is 0 Å². The summed E-state index contributed by atoms with van der Waals surface area (Å²) >= 11 is 1.72. The SMILES string of the molecule is c1csc(-c2ccc(-c3ccc4ccccc4c3)cn2)c1. The van der Waals surface area contributed by atoms with Crippen molar-refractivity contribution >= 4 is 22.1 Å². The van der Waals surface area contributed by atoms with E-state index in [0.717, 1.165) is 11.3 Å². The number of rotatable bonds is 2. The number of aromatic nitrogens is 1. The van der Waals surface area contributed by atoms with Crippen LogP contribution in [0.2, 0.25) is 0 Å².